The normalized spacial score (nSPS) is 11.7. The van der Waals surface area contributed by atoms with Gasteiger partial charge in [-0.3, -0.25) is 0 Å². The van der Waals surface area contributed by atoms with Crippen molar-refractivity contribution in [3.8, 4) is 23.8 Å². The van der Waals surface area contributed by atoms with E-state index in [1.807, 2.05) is 36.4 Å². The number of aromatic nitrogens is 2. The number of aliphatic hydroxyl groups excluding tert-OH is 1. The van der Waals surface area contributed by atoms with Crippen LogP contribution >= 0.6 is 0 Å². The van der Waals surface area contributed by atoms with Crippen molar-refractivity contribution < 1.29 is 14.6 Å². The van der Waals surface area contributed by atoms with Crippen molar-refractivity contribution in [1.82, 2.24) is 15.3 Å². The van der Waals surface area contributed by atoms with Crippen LogP contribution in [0, 0.1) is 12.3 Å². The van der Waals surface area contributed by atoms with E-state index in [1.165, 1.54) is 6.33 Å². The van der Waals surface area contributed by atoms with E-state index >= 15 is 0 Å². The van der Waals surface area contributed by atoms with Crippen LogP contribution in [0.15, 0.2) is 42.7 Å². The van der Waals surface area contributed by atoms with E-state index in [9.17, 15) is 5.11 Å². The van der Waals surface area contributed by atoms with Crippen LogP contribution in [-0.2, 0) is 0 Å². The minimum Gasteiger partial charge on any atom is -0.493 e. The molecule has 0 aliphatic heterocycles. The average molecular weight is 392 g/mol. The van der Waals surface area contributed by atoms with Crippen LogP contribution in [0.2, 0.25) is 0 Å². The van der Waals surface area contributed by atoms with Crippen molar-refractivity contribution in [3.63, 3.8) is 0 Å². The van der Waals surface area contributed by atoms with Gasteiger partial charge in [0, 0.05) is 35.8 Å². The summed E-state index contributed by atoms with van der Waals surface area (Å²) < 4.78 is 11.3. The molecule has 2 aromatic carbocycles. The fourth-order valence-electron chi connectivity index (χ4n) is 2.80. The van der Waals surface area contributed by atoms with Crippen LogP contribution in [0.3, 0.4) is 0 Å². The Morgan fingerprint density at radius 2 is 2.07 bits per heavy atom. The maximum absolute atomic E-state index is 9.30. The van der Waals surface area contributed by atoms with Gasteiger partial charge in [-0.25, -0.2) is 9.97 Å². The quantitative estimate of drug-likeness (QED) is 0.381. The molecular formula is C22H24N4O3. The molecule has 0 aliphatic carbocycles. The number of fused-ring (bicyclic) bond motifs is 1. The number of hydrogen-bond acceptors (Lipinski definition) is 7. The molecule has 0 spiro atoms. The summed E-state index contributed by atoms with van der Waals surface area (Å²) in [5.41, 5.74) is 2.34. The molecule has 0 amide bonds. The van der Waals surface area contributed by atoms with Gasteiger partial charge in [0.1, 0.15) is 18.8 Å². The summed E-state index contributed by atoms with van der Waals surface area (Å²) in [5.74, 6) is 4.45. The van der Waals surface area contributed by atoms with Gasteiger partial charge < -0.3 is 25.2 Å². The average Bonchev–Trinajstić information content (AvgIpc) is 2.73. The van der Waals surface area contributed by atoms with E-state index in [-0.39, 0.29) is 0 Å². The SMILES string of the molecule is C#Cc1cccc(Nc2ncnc3cc(OC)c(OCCNC[C@H](C)O)cc23)c1. The summed E-state index contributed by atoms with van der Waals surface area (Å²) in [4.78, 5) is 8.71. The van der Waals surface area contributed by atoms with Crippen LogP contribution in [0.25, 0.3) is 10.9 Å². The third kappa shape index (κ3) is 5.35. The highest BCUT2D eigenvalue weighted by Crippen LogP contribution is 2.34. The molecular weight excluding hydrogens is 368 g/mol. The number of aliphatic hydroxyl groups is 1. The number of benzene rings is 2. The highest BCUT2D eigenvalue weighted by Gasteiger charge is 2.12. The van der Waals surface area contributed by atoms with Gasteiger partial charge in [0.05, 0.1) is 18.7 Å². The smallest absolute Gasteiger partial charge is 0.162 e. The molecule has 1 aromatic heterocycles. The van der Waals surface area contributed by atoms with Crippen molar-refractivity contribution in [2.75, 3.05) is 32.1 Å². The lowest BCUT2D eigenvalue weighted by Gasteiger charge is -2.14. The number of methoxy groups -OCH3 is 1. The zero-order chi connectivity index (χ0) is 20.6. The summed E-state index contributed by atoms with van der Waals surface area (Å²) >= 11 is 0. The van der Waals surface area contributed by atoms with Crippen molar-refractivity contribution in [2.24, 2.45) is 0 Å². The number of hydrogen-bond donors (Lipinski definition) is 3. The molecule has 29 heavy (non-hydrogen) atoms. The first-order chi connectivity index (χ1) is 14.1. The first-order valence-corrected chi connectivity index (χ1v) is 9.28. The number of anilines is 2. The molecule has 0 aliphatic rings. The highest BCUT2D eigenvalue weighted by molar-refractivity contribution is 5.93. The van der Waals surface area contributed by atoms with Crippen LogP contribution in [0.1, 0.15) is 12.5 Å². The molecule has 3 rings (SSSR count). The standard InChI is InChI=1S/C22H24N4O3/c1-4-16-6-5-7-17(10-16)26-22-18-11-21(29-9-8-23-13-15(2)27)20(28-3)12-19(18)24-14-25-22/h1,5-7,10-12,14-15,23,27H,8-9,13H2,2-3H3,(H,24,25,26)/t15-/m0/s1. The first kappa shape index (κ1) is 20.4. The van der Waals surface area contributed by atoms with Crippen LogP contribution in [0.5, 0.6) is 11.5 Å². The van der Waals surface area contributed by atoms with Crippen molar-refractivity contribution >= 4 is 22.4 Å². The molecule has 150 valence electrons. The number of ether oxygens (including phenoxy) is 2. The second kappa shape index (κ2) is 9.73. The minimum atomic E-state index is -0.399. The van der Waals surface area contributed by atoms with Gasteiger partial charge in [-0.2, -0.15) is 0 Å². The lowest BCUT2D eigenvalue weighted by Crippen LogP contribution is -2.28. The van der Waals surface area contributed by atoms with Gasteiger partial charge in [-0.15, -0.1) is 6.42 Å². The molecule has 7 nitrogen and oxygen atoms in total. The Kier molecular flexibility index (Phi) is 6.85. The molecule has 1 heterocycles. The van der Waals surface area contributed by atoms with Crippen molar-refractivity contribution in [1.29, 1.82) is 0 Å². The van der Waals surface area contributed by atoms with Crippen molar-refractivity contribution in [3.05, 3.63) is 48.3 Å². The van der Waals surface area contributed by atoms with Gasteiger partial charge in [0.15, 0.2) is 11.5 Å². The Labute approximate surface area is 170 Å². The maximum atomic E-state index is 9.30. The molecule has 1 atom stereocenters. The van der Waals surface area contributed by atoms with Gasteiger partial charge >= 0.3 is 0 Å². The number of nitrogens with zero attached hydrogens (tertiary/aromatic N) is 2. The molecule has 0 saturated heterocycles. The molecule has 0 radical (unpaired) electrons. The predicted molar refractivity (Wildman–Crippen MR) is 114 cm³/mol. The van der Waals surface area contributed by atoms with Gasteiger partial charge in [0.2, 0.25) is 0 Å². The Balaban J connectivity index is 1.84. The van der Waals surface area contributed by atoms with Crippen molar-refractivity contribution in [2.45, 2.75) is 13.0 Å². The van der Waals surface area contributed by atoms with E-state index < -0.39 is 6.10 Å². The number of terminal acetylenes is 1. The molecule has 3 aromatic rings. The maximum Gasteiger partial charge on any atom is 0.162 e. The van der Waals surface area contributed by atoms with E-state index in [0.29, 0.717) is 37.0 Å². The Hall–Kier alpha value is -3.34. The second-order valence-corrected chi connectivity index (χ2v) is 6.49. The third-order valence-corrected chi connectivity index (χ3v) is 4.19. The fourth-order valence-corrected chi connectivity index (χ4v) is 2.80. The summed E-state index contributed by atoms with van der Waals surface area (Å²) in [6.45, 7) is 3.27. The molecule has 0 bridgehead atoms. The first-order valence-electron chi connectivity index (χ1n) is 9.28. The number of nitrogens with one attached hydrogen (secondary N) is 2. The zero-order valence-electron chi connectivity index (χ0n) is 16.5. The second-order valence-electron chi connectivity index (χ2n) is 6.49. The molecule has 0 unspecified atom stereocenters. The lowest BCUT2D eigenvalue weighted by atomic mass is 10.2. The summed E-state index contributed by atoms with van der Waals surface area (Å²) in [5, 5.41) is 16.5. The summed E-state index contributed by atoms with van der Waals surface area (Å²) in [6, 6.07) is 11.2. The van der Waals surface area contributed by atoms with Crippen LogP contribution in [0.4, 0.5) is 11.5 Å². The van der Waals surface area contributed by atoms with E-state index in [2.05, 4.69) is 26.5 Å². The Morgan fingerprint density at radius 1 is 1.21 bits per heavy atom. The van der Waals surface area contributed by atoms with Gasteiger partial charge in [-0.1, -0.05) is 12.0 Å². The Bertz CT molecular complexity index is 1010. The largest absolute Gasteiger partial charge is 0.493 e. The van der Waals surface area contributed by atoms with E-state index in [0.717, 1.165) is 22.2 Å². The minimum absolute atomic E-state index is 0.399. The molecule has 3 N–H and O–H groups in total. The monoisotopic (exact) mass is 392 g/mol. The van der Waals surface area contributed by atoms with E-state index in [1.54, 1.807) is 14.0 Å². The highest BCUT2D eigenvalue weighted by atomic mass is 16.5. The number of rotatable bonds is 9. The zero-order valence-corrected chi connectivity index (χ0v) is 16.5. The van der Waals surface area contributed by atoms with Gasteiger partial charge in [-0.05, 0) is 31.2 Å². The molecule has 7 heteroatoms. The summed E-state index contributed by atoms with van der Waals surface area (Å²) in [6.07, 6.45) is 6.58. The topological polar surface area (TPSA) is 88.5 Å². The third-order valence-electron chi connectivity index (χ3n) is 4.19. The van der Waals surface area contributed by atoms with Gasteiger partial charge in [0.25, 0.3) is 0 Å². The molecule has 0 fully saturated rings. The molecule has 0 saturated carbocycles. The van der Waals surface area contributed by atoms with Crippen LogP contribution < -0.4 is 20.1 Å². The fraction of sp³-hybridized carbons (Fsp3) is 0.273. The lowest BCUT2D eigenvalue weighted by molar-refractivity contribution is 0.187. The van der Waals surface area contributed by atoms with Crippen LogP contribution in [-0.4, -0.2) is 48.0 Å². The summed E-state index contributed by atoms with van der Waals surface area (Å²) in [7, 11) is 1.59. The predicted octanol–water partition coefficient (Wildman–Crippen LogP) is 2.71. The van der Waals surface area contributed by atoms with E-state index in [4.69, 9.17) is 15.9 Å². The Morgan fingerprint density at radius 3 is 2.83 bits per heavy atom.